The zero-order valence-electron chi connectivity index (χ0n) is 20.7. The first-order valence-electron chi connectivity index (χ1n) is 12.1. The number of nitrogens with zero attached hydrogens (tertiary/aromatic N) is 8. The lowest BCUT2D eigenvalue weighted by Gasteiger charge is -2.28. The van der Waals surface area contributed by atoms with Gasteiger partial charge in [0, 0.05) is 30.9 Å². The van der Waals surface area contributed by atoms with Gasteiger partial charge in [-0.15, -0.1) is 0 Å². The molecule has 1 N–H and O–H groups in total. The zero-order valence-corrected chi connectivity index (χ0v) is 20.7. The van der Waals surface area contributed by atoms with Crippen molar-refractivity contribution >= 4 is 22.8 Å². The van der Waals surface area contributed by atoms with E-state index in [1.807, 2.05) is 24.4 Å². The summed E-state index contributed by atoms with van der Waals surface area (Å²) in [6, 6.07) is 10.4. The number of nitriles is 1. The highest BCUT2D eigenvalue weighted by atomic mass is 16.5. The molecule has 0 radical (unpaired) electrons. The molecule has 4 aromatic rings. The summed E-state index contributed by atoms with van der Waals surface area (Å²) in [7, 11) is 1.59. The predicted molar refractivity (Wildman–Crippen MR) is 137 cm³/mol. The van der Waals surface area contributed by atoms with Crippen molar-refractivity contribution in [2.75, 3.05) is 25.5 Å². The molecule has 0 aliphatic carbocycles. The maximum absolute atomic E-state index is 9.08. The normalized spacial score (nSPS) is 14.8. The summed E-state index contributed by atoms with van der Waals surface area (Å²) in [5.74, 6) is 1.75. The molecule has 1 fully saturated rings. The molecule has 10 heteroatoms. The maximum Gasteiger partial charge on any atom is 0.242 e. The van der Waals surface area contributed by atoms with Crippen molar-refractivity contribution in [3.63, 3.8) is 0 Å². The summed E-state index contributed by atoms with van der Waals surface area (Å²) in [5, 5.41) is 12.3. The van der Waals surface area contributed by atoms with Crippen LogP contribution < -0.4 is 10.1 Å². The number of likely N-dealkylation sites (tertiary alicyclic amines) is 1. The van der Waals surface area contributed by atoms with Gasteiger partial charge in [0.15, 0.2) is 5.52 Å². The van der Waals surface area contributed by atoms with E-state index in [0.717, 1.165) is 49.1 Å². The van der Waals surface area contributed by atoms with E-state index in [0.29, 0.717) is 29.0 Å². The third-order valence-electron chi connectivity index (χ3n) is 6.44. The van der Waals surface area contributed by atoms with Crippen LogP contribution in [0.25, 0.3) is 22.4 Å². The lowest BCUT2D eigenvalue weighted by molar-refractivity contribution is 0.198. The minimum Gasteiger partial charge on any atom is -0.479 e. The molecule has 0 unspecified atom stereocenters. The lowest BCUT2D eigenvalue weighted by atomic mass is 9.98. The van der Waals surface area contributed by atoms with Crippen molar-refractivity contribution < 1.29 is 4.74 Å². The third-order valence-corrected chi connectivity index (χ3v) is 6.44. The standard InChI is InChI=1S/C26H29N9O/c1-17(2)35-16-30-24-22(35)12-21(31-25(24)36-3)20-6-9-28-26(32-20)33-23-5-4-19(14-29-23)15-34-10-7-18(13-27)8-11-34/h4-6,9,12,14,16-18H,7-8,10-11,15H2,1-3H3,(H,28,29,32,33). The van der Waals surface area contributed by atoms with Crippen LogP contribution in [-0.2, 0) is 6.54 Å². The number of piperidine rings is 1. The van der Waals surface area contributed by atoms with E-state index in [2.05, 4.69) is 65.7 Å². The van der Waals surface area contributed by atoms with E-state index >= 15 is 0 Å². The second-order valence-corrected chi connectivity index (χ2v) is 9.25. The summed E-state index contributed by atoms with van der Waals surface area (Å²) >= 11 is 0. The number of pyridine rings is 2. The second-order valence-electron chi connectivity index (χ2n) is 9.25. The highest BCUT2D eigenvalue weighted by Gasteiger charge is 2.19. The Morgan fingerprint density at radius 2 is 1.94 bits per heavy atom. The Balaban J connectivity index is 1.32. The lowest BCUT2D eigenvalue weighted by Crippen LogP contribution is -2.32. The van der Waals surface area contributed by atoms with Crippen LogP contribution in [0.1, 0.15) is 38.3 Å². The number of hydrogen-bond donors (Lipinski definition) is 1. The summed E-state index contributed by atoms with van der Waals surface area (Å²) in [5.41, 5.74) is 4.14. The average Bonchev–Trinajstić information content (AvgIpc) is 3.34. The number of fused-ring (bicyclic) bond motifs is 1. The molecule has 5 heterocycles. The van der Waals surface area contributed by atoms with E-state index in [1.165, 1.54) is 0 Å². The molecule has 4 aromatic heterocycles. The molecule has 0 amide bonds. The first kappa shape index (κ1) is 23.6. The largest absolute Gasteiger partial charge is 0.479 e. The molecule has 1 aliphatic heterocycles. The van der Waals surface area contributed by atoms with Gasteiger partial charge in [-0.05, 0) is 63.5 Å². The van der Waals surface area contributed by atoms with Crippen LogP contribution in [0.3, 0.4) is 0 Å². The minimum absolute atomic E-state index is 0.192. The molecular weight excluding hydrogens is 454 g/mol. The van der Waals surface area contributed by atoms with Crippen molar-refractivity contribution in [3.05, 3.63) is 48.5 Å². The number of hydrogen-bond acceptors (Lipinski definition) is 9. The van der Waals surface area contributed by atoms with Crippen molar-refractivity contribution in [2.24, 2.45) is 5.92 Å². The highest BCUT2D eigenvalue weighted by molar-refractivity contribution is 5.84. The molecule has 184 valence electrons. The average molecular weight is 484 g/mol. The maximum atomic E-state index is 9.08. The fourth-order valence-corrected chi connectivity index (χ4v) is 4.43. The Kier molecular flexibility index (Phi) is 6.73. The molecular formula is C26H29N9O. The first-order valence-corrected chi connectivity index (χ1v) is 12.1. The van der Waals surface area contributed by atoms with Gasteiger partial charge in [0.05, 0.1) is 36.4 Å². The van der Waals surface area contributed by atoms with E-state index in [1.54, 1.807) is 19.6 Å². The quantitative estimate of drug-likeness (QED) is 0.409. The molecule has 0 bridgehead atoms. The van der Waals surface area contributed by atoms with E-state index < -0.39 is 0 Å². The van der Waals surface area contributed by atoms with Gasteiger partial charge in [-0.2, -0.15) is 5.26 Å². The topological polar surface area (TPSA) is 118 Å². The van der Waals surface area contributed by atoms with E-state index in [9.17, 15) is 0 Å². The van der Waals surface area contributed by atoms with Gasteiger partial charge < -0.3 is 14.6 Å². The SMILES string of the molecule is COc1nc(-c2ccnc(Nc3ccc(CN4CCC(C#N)CC4)cn3)n2)cc2c1ncn2C(C)C. The van der Waals surface area contributed by atoms with E-state index in [-0.39, 0.29) is 12.0 Å². The summed E-state index contributed by atoms with van der Waals surface area (Å²) in [4.78, 5) is 25.1. The molecule has 1 saturated heterocycles. The van der Waals surface area contributed by atoms with Gasteiger partial charge in [-0.25, -0.2) is 24.9 Å². The van der Waals surface area contributed by atoms with Crippen LogP contribution in [0.4, 0.5) is 11.8 Å². The summed E-state index contributed by atoms with van der Waals surface area (Å²) in [6.45, 7) is 6.94. The van der Waals surface area contributed by atoms with Crippen LogP contribution in [-0.4, -0.2) is 54.6 Å². The van der Waals surface area contributed by atoms with Crippen molar-refractivity contribution in [1.29, 1.82) is 5.26 Å². The van der Waals surface area contributed by atoms with Gasteiger partial charge in [0.1, 0.15) is 5.82 Å². The first-order chi connectivity index (χ1) is 17.5. The van der Waals surface area contributed by atoms with Crippen molar-refractivity contribution in [2.45, 2.75) is 39.3 Å². The Morgan fingerprint density at radius 1 is 1.11 bits per heavy atom. The predicted octanol–water partition coefficient (Wildman–Crippen LogP) is 4.35. The summed E-state index contributed by atoms with van der Waals surface area (Å²) < 4.78 is 7.60. The highest BCUT2D eigenvalue weighted by Crippen LogP contribution is 2.29. The molecule has 1 aliphatic rings. The van der Waals surface area contributed by atoms with Gasteiger partial charge in [-0.3, -0.25) is 4.90 Å². The van der Waals surface area contributed by atoms with Gasteiger partial charge in [0.2, 0.25) is 11.8 Å². The zero-order chi connectivity index (χ0) is 25.1. The van der Waals surface area contributed by atoms with Crippen molar-refractivity contribution in [1.82, 2.24) is 34.4 Å². The van der Waals surface area contributed by atoms with E-state index in [4.69, 9.17) is 10.00 Å². The fourth-order valence-electron chi connectivity index (χ4n) is 4.43. The number of rotatable bonds is 7. The minimum atomic E-state index is 0.192. The van der Waals surface area contributed by atoms with Crippen LogP contribution in [0.15, 0.2) is 43.0 Å². The van der Waals surface area contributed by atoms with Crippen LogP contribution >= 0.6 is 0 Å². The molecule has 10 nitrogen and oxygen atoms in total. The number of ether oxygens (including phenoxy) is 1. The number of anilines is 2. The number of imidazole rings is 1. The molecule has 0 spiro atoms. The Hall–Kier alpha value is -4.10. The van der Waals surface area contributed by atoms with Crippen LogP contribution in [0, 0.1) is 17.2 Å². The van der Waals surface area contributed by atoms with Gasteiger partial charge >= 0.3 is 0 Å². The monoisotopic (exact) mass is 483 g/mol. The summed E-state index contributed by atoms with van der Waals surface area (Å²) in [6.07, 6.45) is 7.24. The Labute approximate surface area is 210 Å². The number of nitrogens with one attached hydrogen (secondary N) is 1. The molecule has 0 aromatic carbocycles. The third kappa shape index (κ3) is 4.97. The molecule has 0 atom stereocenters. The second kappa shape index (κ2) is 10.3. The smallest absolute Gasteiger partial charge is 0.242 e. The van der Waals surface area contributed by atoms with Crippen molar-refractivity contribution in [3.8, 4) is 23.3 Å². The Morgan fingerprint density at radius 3 is 2.64 bits per heavy atom. The molecule has 0 saturated carbocycles. The number of methoxy groups -OCH3 is 1. The van der Waals surface area contributed by atoms with Gasteiger partial charge in [0.25, 0.3) is 0 Å². The molecule has 5 rings (SSSR count). The van der Waals surface area contributed by atoms with Crippen LogP contribution in [0.5, 0.6) is 5.88 Å². The Bertz CT molecular complexity index is 1380. The van der Waals surface area contributed by atoms with Crippen LogP contribution in [0.2, 0.25) is 0 Å². The fraction of sp³-hybridized carbons (Fsp3) is 0.385. The molecule has 36 heavy (non-hydrogen) atoms. The number of aromatic nitrogens is 6. The van der Waals surface area contributed by atoms with Gasteiger partial charge in [-0.1, -0.05) is 6.07 Å².